The number of amides is 1. The lowest BCUT2D eigenvalue weighted by Gasteiger charge is -2.39. The first-order chi connectivity index (χ1) is 14.0. The number of guanidine groups is 1. The molecule has 2 saturated heterocycles. The molecule has 0 spiro atoms. The summed E-state index contributed by atoms with van der Waals surface area (Å²) in [6, 6.07) is 2.09. The number of hydrogen-bond donors (Lipinski definition) is 1. The number of carbonyl (C=O) groups excluding carboxylic acids is 1. The van der Waals surface area contributed by atoms with Crippen molar-refractivity contribution in [3.63, 3.8) is 0 Å². The van der Waals surface area contributed by atoms with Crippen LogP contribution in [0.4, 0.5) is 0 Å². The maximum atomic E-state index is 12.7. The van der Waals surface area contributed by atoms with E-state index < -0.39 is 0 Å². The summed E-state index contributed by atoms with van der Waals surface area (Å²) in [5.74, 6) is 1.25. The van der Waals surface area contributed by atoms with Crippen LogP contribution in [0.5, 0.6) is 0 Å². The van der Waals surface area contributed by atoms with E-state index in [2.05, 4.69) is 49.8 Å². The van der Waals surface area contributed by atoms with Crippen molar-refractivity contribution in [1.82, 2.24) is 29.8 Å². The molecule has 170 valence electrons. The number of nitrogens with one attached hydrogen (secondary N) is 1. The van der Waals surface area contributed by atoms with Gasteiger partial charge in [-0.1, -0.05) is 0 Å². The van der Waals surface area contributed by atoms with Gasteiger partial charge in [-0.15, -0.1) is 24.0 Å². The molecule has 3 heterocycles. The lowest BCUT2D eigenvalue weighted by atomic mass is 10.2. The van der Waals surface area contributed by atoms with Crippen molar-refractivity contribution < 1.29 is 4.79 Å². The van der Waals surface area contributed by atoms with Crippen molar-refractivity contribution in [1.29, 1.82) is 0 Å². The maximum Gasteiger partial charge on any atom is 0.239 e. The van der Waals surface area contributed by atoms with Gasteiger partial charge in [-0.25, -0.2) is 0 Å². The zero-order valence-electron chi connectivity index (χ0n) is 18.9. The van der Waals surface area contributed by atoms with Crippen LogP contribution < -0.4 is 5.32 Å². The third-order valence-corrected chi connectivity index (χ3v) is 6.08. The molecule has 1 unspecified atom stereocenters. The maximum absolute atomic E-state index is 12.7. The number of aliphatic imine (C=N–C) groups is 1. The molecule has 0 saturated carbocycles. The fourth-order valence-corrected chi connectivity index (χ4v) is 4.34. The predicted octanol–water partition coefficient (Wildman–Crippen LogP) is 1.71. The molecule has 0 aromatic carbocycles. The van der Waals surface area contributed by atoms with E-state index in [1.165, 1.54) is 5.69 Å². The zero-order chi connectivity index (χ0) is 20.8. The number of hydrogen-bond acceptors (Lipinski definition) is 4. The third kappa shape index (κ3) is 6.32. The minimum atomic E-state index is -0.0222. The summed E-state index contributed by atoms with van der Waals surface area (Å²) >= 11 is 0. The van der Waals surface area contributed by atoms with Crippen LogP contribution in [0.1, 0.15) is 37.6 Å². The Morgan fingerprint density at radius 3 is 2.37 bits per heavy atom. The van der Waals surface area contributed by atoms with Crippen molar-refractivity contribution in [2.45, 2.75) is 52.6 Å². The molecule has 2 aliphatic heterocycles. The van der Waals surface area contributed by atoms with Gasteiger partial charge in [0, 0.05) is 65.1 Å². The highest BCUT2D eigenvalue weighted by Gasteiger charge is 2.30. The SMILES string of the molecule is CN=C(NCCCn1nc(C)cc1C)N1CCN(C(C)C(=O)N2CCCC2)CC1.I. The zero-order valence-corrected chi connectivity index (χ0v) is 21.3. The second kappa shape index (κ2) is 11.9. The van der Waals surface area contributed by atoms with E-state index in [-0.39, 0.29) is 30.0 Å². The predicted molar refractivity (Wildman–Crippen MR) is 132 cm³/mol. The Hall–Kier alpha value is -1.36. The van der Waals surface area contributed by atoms with E-state index in [9.17, 15) is 4.79 Å². The van der Waals surface area contributed by atoms with Crippen molar-refractivity contribution in [3.05, 3.63) is 17.5 Å². The molecule has 1 N–H and O–H groups in total. The van der Waals surface area contributed by atoms with Crippen LogP contribution in [0.2, 0.25) is 0 Å². The highest BCUT2D eigenvalue weighted by Crippen LogP contribution is 2.14. The first kappa shape index (κ1) is 24.9. The minimum absolute atomic E-state index is 0. The van der Waals surface area contributed by atoms with Gasteiger partial charge in [-0.2, -0.15) is 5.10 Å². The van der Waals surface area contributed by atoms with Crippen LogP contribution in [0, 0.1) is 13.8 Å². The quantitative estimate of drug-likeness (QED) is 0.262. The lowest BCUT2D eigenvalue weighted by Crippen LogP contribution is -2.57. The fourth-order valence-electron chi connectivity index (χ4n) is 4.34. The number of nitrogens with zero attached hydrogens (tertiary/aromatic N) is 6. The largest absolute Gasteiger partial charge is 0.356 e. The second-order valence-corrected chi connectivity index (χ2v) is 8.21. The molecule has 1 amide bonds. The van der Waals surface area contributed by atoms with Crippen LogP contribution in [-0.4, -0.2) is 95.2 Å². The molecule has 0 radical (unpaired) electrons. The molecule has 1 aromatic heterocycles. The summed E-state index contributed by atoms with van der Waals surface area (Å²) < 4.78 is 2.07. The van der Waals surface area contributed by atoms with Gasteiger partial charge in [0.2, 0.25) is 5.91 Å². The van der Waals surface area contributed by atoms with Crippen LogP contribution in [0.3, 0.4) is 0 Å². The van der Waals surface area contributed by atoms with E-state index >= 15 is 0 Å². The Bertz CT molecular complexity index is 706. The Morgan fingerprint density at radius 2 is 1.80 bits per heavy atom. The molecule has 2 fully saturated rings. The van der Waals surface area contributed by atoms with E-state index in [4.69, 9.17) is 0 Å². The van der Waals surface area contributed by atoms with Gasteiger partial charge in [0.05, 0.1) is 11.7 Å². The first-order valence-electron chi connectivity index (χ1n) is 11.0. The normalized spacial score (nSPS) is 19.0. The number of aryl methyl sites for hydroxylation is 3. The Labute approximate surface area is 198 Å². The number of halogens is 1. The van der Waals surface area contributed by atoms with E-state index in [0.717, 1.165) is 83.3 Å². The molecule has 9 heteroatoms. The summed E-state index contributed by atoms with van der Waals surface area (Å²) in [6.07, 6.45) is 3.30. The molecule has 0 bridgehead atoms. The van der Waals surface area contributed by atoms with Crippen molar-refractivity contribution in [3.8, 4) is 0 Å². The van der Waals surface area contributed by atoms with Crippen LogP contribution in [0.25, 0.3) is 0 Å². The summed E-state index contributed by atoms with van der Waals surface area (Å²) in [7, 11) is 1.84. The molecular weight excluding hydrogens is 493 g/mol. The van der Waals surface area contributed by atoms with Gasteiger partial charge in [0.15, 0.2) is 5.96 Å². The topological polar surface area (TPSA) is 69.0 Å². The highest BCUT2D eigenvalue weighted by molar-refractivity contribution is 14.0. The molecule has 1 atom stereocenters. The highest BCUT2D eigenvalue weighted by atomic mass is 127. The summed E-state index contributed by atoms with van der Waals surface area (Å²) in [5, 5.41) is 8.00. The minimum Gasteiger partial charge on any atom is -0.356 e. The fraction of sp³-hybridized carbons (Fsp3) is 0.762. The van der Waals surface area contributed by atoms with Gasteiger partial charge in [0.1, 0.15) is 0 Å². The Morgan fingerprint density at radius 1 is 1.13 bits per heavy atom. The van der Waals surface area contributed by atoms with Crippen molar-refractivity contribution in [2.24, 2.45) is 4.99 Å². The molecule has 1 aromatic rings. The van der Waals surface area contributed by atoms with Crippen LogP contribution in [-0.2, 0) is 11.3 Å². The third-order valence-electron chi connectivity index (χ3n) is 6.08. The molecule has 0 aliphatic carbocycles. The number of piperazine rings is 1. The molecule has 2 aliphatic rings. The van der Waals surface area contributed by atoms with Crippen molar-refractivity contribution >= 4 is 35.8 Å². The average Bonchev–Trinajstić information content (AvgIpc) is 3.37. The van der Waals surface area contributed by atoms with Gasteiger partial charge in [0.25, 0.3) is 0 Å². The summed E-state index contributed by atoms with van der Waals surface area (Å²) in [5.41, 5.74) is 2.28. The van der Waals surface area contributed by atoms with E-state index in [0.29, 0.717) is 5.91 Å². The smallest absolute Gasteiger partial charge is 0.239 e. The number of aromatic nitrogens is 2. The number of likely N-dealkylation sites (tertiary alicyclic amines) is 1. The number of carbonyl (C=O) groups is 1. The molecule has 8 nitrogen and oxygen atoms in total. The molecule has 30 heavy (non-hydrogen) atoms. The number of rotatable bonds is 6. The molecular formula is C21H38IN7O. The standard InChI is InChI=1S/C21H37N7O.HI/c1-17-16-18(2)28(24-17)11-7-8-23-21(22-4)27-14-12-25(13-15-27)19(3)20(29)26-9-5-6-10-26;/h16,19H,5-15H2,1-4H3,(H,22,23);1H. The second-order valence-electron chi connectivity index (χ2n) is 8.21. The van der Waals surface area contributed by atoms with Gasteiger partial charge in [-0.3, -0.25) is 19.4 Å². The van der Waals surface area contributed by atoms with E-state index in [1.807, 2.05) is 18.9 Å². The van der Waals surface area contributed by atoms with Crippen LogP contribution >= 0.6 is 24.0 Å². The van der Waals surface area contributed by atoms with Gasteiger partial charge >= 0.3 is 0 Å². The first-order valence-corrected chi connectivity index (χ1v) is 11.0. The average molecular weight is 531 g/mol. The lowest BCUT2D eigenvalue weighted by molar-refractivity contribution is -0.135. The van der Waals surface area contributed by atoms with E-state index in [1.54, 1.807) is 0 Å². The summed E-state index contributed by atoms with van der Waals surface area (Å²) in [4.78, 5) is 23.8. The molecule has 3 rings (SSSR count). The van der Waals surface area contributed by atoms with Crippen LogP contribution in [0.15, 0.2) is 11.1 Å². The van der Waals surface area contributed by atoms with Gasteiger partial charge < -0.3 is 15.1 Å². The Kier molecular flexibility index (Phi) is 9.86. The Balaban J connectivity index is 0.00000320. The van der Waals surface area contributed by atoms with Gasteiger partial charge in [-0.05, 0) is 46.1 Å². The monoisotopic (exact) mass is 531 g/mol. The summed E-state index contributed by atoms with van der Waals surface area (Å²) in [6.45, 7) is 13.4. The van der Waals surface area contributed by atoms with Crippen molar-refractivity contribution in [2.75, 3.05) is 52.9 Å².